The van der Waals surface area contributed by atoms with E-state index in [1.54, 1.807) is 6.33 Å². The van der Waals surface area contributed by atoms with E-state index in [-0.39, 0.29) is 0 Å². The molecule has 1 aliphatic carbocycles. The van der Waals surface area contributed by atoms with Gasteiger partial charge in [0, 0.05) is 6.04 Å². The number of nitrogens with zero attached hydrogens (tertiary/aromatic N) is 2. The molecule has 0 aromatic carbocycles. The molecule has 1 aromatic rings. The van der Waals surface area contributed by atoms with Gasteiger partial charge in [-0.25, -0.2) is 9.97 Å². The Labute approximate surface area is 131 Å². The number of aromatic nitrogens is 2. The summed E-state index contributed by atoms with van der Waals surface area (Å²) in [6.45, 7) is 9.20. The van der Waals surface area contributed by atoms with Crippen LogP contribution < -0.4 is 5.32 Å². The average Bonchev–Trinajstić information content (AvgIpc) is 2.41. The van der Waals surface area contributed by atoms with Gasteiger partial charge in [0.2, 0.25) is 0 Å². The molecular weight excluding hydrogens is 314 g/mol. The van der Waals surface area contributed by atoms with Crippen LogP contribution in [0.1, 0.15) is 59.1 Å². The molecule has 0 spiro atoms. The number of aryl methyl sites for hydroxylation is 1. The second-order valence-corrected chi connectivity index (χ2v) is 7.69. The Bertz CT molecular complexity index is 446. The lowest BCUT2D eigenvalue weighted by Crippen LogP contribution is -2.32. The van der Waals surface area contributed by atoms with Gasteiger partial charge in [0.25, 0.3) is 0 Å². The molecule has 1 saturated carbocycles. The van der Waals surface area contributed by atoms with E-state index in [4.69, 9.17) is 0 Å². The van der Waals surface area contributed by atoms with Crippen LogP contribution in [0, 0.1) is 11.3 Å². The van der Waals surface area contributed by atoms with Gasteiger partial charge >= 0.3 is 0 Å². The number of hydrogen-bond donors (Lipinski definition) is 1. The number of halogens is 1. The Morgan fingerprint density at radius 3 is 2.40 bits per heavy atom. The van der Waals surface area contributed by atoms with Crippen molar-refractivity contribution >= 4 is 21.7 Å². The molecule has 0 bridgehead atoms. The van der Waals surface area contributed by atoms with E-state index in [1.165, 1.54) is 25.7 Å². The summed E-state index contributed by atoms with van der Waals surface area (Å²) in [5, 5.41) is 3.60. The van der Waals surface area contributed by atoms with Crippen molar-refractivity contribution in [2.24, 2.45) is 11.3 Å². The summed E-state index contributed by atoms with van der Waals surface area (Å²) in [6.07, 6.45) is 7.68. The SMILES string of the molecule is CCc1ncnc(NC2CCC(C(C)(C)C)CC2)c1Br. The van der Waals surface area contributed by atoms with E-state index in [9.17, 15) is 0 Å². The molecule has 20 heavy (non-hydrogen) atoms. The molecule has 0 saturated heterocycles. The molecule has 3 nitrogen and oxygen atoms in total. The molecule has 0 unspecified atom stereocenters. The summed E-state index contributed by atoms with van der Waals surface area (Å²) in [6, 6.07) is 0.546. The van der Waals surface area contributed by atoms with Crippen LogP contribution >= 0.6 is 15.9 Å². The van der Waals surface area contributed by atoms with Crippen molar-refractivity contribution < 1.29 is 0 Å². The molecule has 2 rings (SSSR count). The van der Waals surface area contributed by atoms with Crippen LogP contribution in [0.5, 0.6) is 0 Å². The lowest BCUT2D eigenvalue weighted by atomic mass is 9.71. The van der Waals surface area contributed by atoms with Crippen molar-refractivity contribution in [2.75, 3.05) is 5.32 Å². The molecule has 1 fully saturated rings. The largest absolute Gasteiger partial charge is 0.366 e. The van der Waals surface area contributed by atoms with E-state index < -0.39 is 0 Å². The fourth-order valence-electron chi connectivity index (χ4n) is 3.05. The molecule has 0 radical (unpaired) electrons. The fraction of sp³-hybridized carbons (Fsp3) is 0.750. The summed E-state index contributed by atoms with van der Waals surface area (Å²) >= 11 is 3.62. The normalized spacial score (nSPS) is 23.6. The van der Waals surface area contributed by atoms with Crippen molar-refractivity contribution in [3.05, 3.63) is 16.5 Å². The van der Waals surface area contributed by atoms with Gasteiger partial charge in [0.15, 0.2) is 0 Å². The molecule has 1 aliphatic rings. The second-order valence-electron chi connectivity index (χ2n) is 6.90. The van der Waals surface area contributed by atoms with E-state index in [0.717, 1.165) is 28.3 Å². The van der Waals surface area contributed by atoms with E-state index in [0.29, 0.717) is 11.5 Å². The Hall–Kier alpha value is -0.640. The zero-order valence-electron chi connectivity index (χ0n) is 13.0. The second kappa shape index (κ2) is 6.42. The Morgan fingerprint density at radius 2 is 1.85 bits per heavy atom. The molecule has 0 amide bonds. The van der Waals surface area contributed by atoms with Gasteiger partial charge in [0.1, 0.15) is 12.1 Å². The molecule has 4 heteroatoms. The van der Waals surface area contributed by atoms with Crippen LogP contribution in [0.25, 0.3) is 0 Å². The highest BCUT2D eigenvalue weighted by atomic mass is 79.9. The maximum absolute atomic E-state index is 4.38. The average molecular weight is 340 g/mol. The van der Waals surface area contributed by atoms with Crippen molar-refractivity contribution in [1.82, 2.24) is 9.97 Å². The van der Waals surface area contributed by atoms with Crippen molar-refractivity contribution in [3.8, 4) is 0 Å². The van der Waals surface area contributed by atoms with Gasteiger partial charge < -0.3 is 5.32 Å². The standard InChI is InChI=1S/C16H26BrN3/c1-5-13-14(17)15(19-10-18-13)20-12-8-6-11(7-9-12)16(2,3)4/h10-12H,5-9H2,1-4H3,(H,18,19,20). The van der Waals surface area contributed by atoms with Crippen LogP contribution in [0.4, 0.5) is 5.82 Å². The van der Waals surface area contributed by atoms with Crippen LogP contribution in [-0.4, -0.2) is 16.0 Å². The van der Waals surface area contributed by atoms with Crippen LogP contribution in [0.3, 0.4) is 0 Å². The van der Waals surface area contributed by atoms with E-state index >= 15 is 0 Å². The number of hydrogen-bond acceptors (Lipinski definition) is 3. The maximum atomic E-state index is 4.38. The van der Waals surface area contributed by atoms with Gasteiger partial charge in [-0.05, 0) is 59.4 Å². The first-order valence-corrected chi connectivity index (χ1v) is 8.47. The Balaban J connectivity index is 1.96. The minimum Gasteiger partial charge on any atom is -0.366 e. The quantitative estimate of drug-likeness (QED) is 0.857. The first kappa shape index (κ1) is 15.7. The highest BCUT2D eigenvalue weighted by Gasteiger charge is 2.29. The first-order chi connectivity index (χ1) is 9.41. The van der Waals surface area contributed by atoms with Gasteiger partial charge in [0.05, 0.1) is 10.2 Å². The summed E-state index contributed by atoms with van der Waals surface area (Å²) < 4.78 is 1.03. The Morgan fingerprint density at radius 1 is 1.20 bits per heavy atom. The number of rotatable bonds is 3. The maximum Gasteiger partial charge on any atom is 0.144 e. The highest BCUT2D eigenvalue weighted by molar-refractivity contribution is 9.10. The zero-order valence-corrected chi connectivity index (χ0v) is 14.6. The summed E-state index contributed by atoms with van der Waals surface area (Å²) in [4.78, 5) is 8.68. The molecular formula is C16H26BrN3. The predicted molar refractivity (Wildman–Crippen MR) is 87.9 cm³/mol. The third kappa shape index (κ3) is 3.72. The minimum atomic E-state index is 0.440. The molecule has 1 N–H and O–H groups in total. The van der Waals surface area contributed by atoms with Gasteiger partial charge in [-0.2, -0.15) is 0 Å². The van der Waals surface area contributed by atoms with Crippen molar-refractivity contribution in [3.63, 3.8) is 0 Å². The fourth-order valence-corrected chi connectivity index (χ4v) is 3.65. The molecule has 0 aliphatic heterocycles. The smallest absolute Gasteiger partial charge is 0.144 e. The third-order valence-corrected chi connectivity index (χ3v) is 5.32. The monoisotopic (exact) mass is 339 g/mol. The van der Waals surface area contributed by atoms with Crippen LogP contribution in [0.15, 0.2) is 10.8 Å². The highest BCUT2D eigenvalue weighted by Crippen LogP contribution is 2.38. The van der Waals surface area contributed by atoms with Crippen molar-refractivity contribution in [2.45, 2.75) is 65.8 Å². The summed E-state index contributed by atoms with van der Waals surface area (Å²) in [5.74, 6) is 1.80. The first-order valence-electron chi connectivity index (χ1n) is 7.67. The van der Waals surface area contributed by atoms with E-state index in [1.807, 2.05) is 0 Å². The number of nitrogens with one attached hydrogen (secondary N) is 1. The van der Waals surface area contributed by atoms with Crippen LogP contribution in [0.2, 0.25) is 0 Å². The Kier molecular flexibility index (Phi) is 5.05. The molecule has 1 heterocycles. The van der Waals surface area contributed by atoms with Gasteiger partial charge in [-0.15, -0.1) is 0 Å². The third-order valence-electron chi connectivity index (χ3n) is 4.49. The van der Waals surface area contributed by atoms with E-state index in [2.05, 4.69) is 58.9 Å². The lowest BCUT2D eigenvalue weighted by molar-refractivity contribution is 0.173. The lowest BCUT2D eigenvalue weighted by Gasteiger charge is -2.37. The molecule has 1 aromatic heterocycles. The zero-order chi connectivity index (χ0) is 14.8. The van der Waals surface area contributed by atoms with Crippen LogP contribution in [-0.2, 0) is 6.42 Å². The molecule has 0 atom stereocenters. The van der Waals surface area contributed by atoms with Gasteiger partial charge in [-0.3, -0.25) is 0 Å². The van der Waals surface area contributed by atoms with Gasteiger partial charge in [-0.1, -0.05) is 27.7 Å². The number of anilines is 1. The topological polar surface area (TPSA) is 37.8 Å². The summed E-state index contributed by atoms with van der Waals surface area (Å²) in [5.41, 5.74) is 1.52. The minimum absolute atomic E-state index is 0.440. The predicted octanol–water partition coefficient (Wildman–Crippen LogP) is 4.82. The molecule has 112 valence electrons. The summed E-state index contributed by atoms with van der Waals surface area (Å²) in [7, 11) is 0. The van der Waals surface area contributed by atoms with Crippen molar-refractivity contribution in [1.29, 1.82) is 0 Å².